The van der Waals surface area contributed by atoms with E-state index in [0.717, 1.165) is 16.7 Å². The van der Waals surface area contributed by atoms with Crippen molar-refractivity contribution in [3.63, 3.8) is 0 Å². The normalized spacial score (nSPS) is 11.3. The molecule has 18 heavy (non-hydrogen) atoms. The Labute approximate surface area is 104 Å². The van der Waals surface area contributed by atoms with Gasteiger partial charge in [0.15, 0.2) is 0 Å². The van der Waals surface area contributed by atoms with Crippen LogP contribution in [0.3, 0.4) is 0 Å². The zero-order valence-corrected chi connectivity index (χ0v) is 9.68. The van der Waals surface area contributed by atoms with E-state index >= 15 is 0 Å². The first kappa shape index (κ1) is 9.54. The molecule has 86 valence electrons. The van der Waals surface area contributed by atoms with Crippen molar-refractivity contribution in [3.05, 3.63) is 60.9 Å². The van der Waals surface area contributed by atoms with Crippen molar-refractivity contribution in [1.29, 1.82) is 0 Å². The molecule has 2 aromatic carbocycles. The maximum atomic E-state index is 5.36. The van der Waals surface area contributed by atoms with Gasteiger partial charge in [-0.25, -0.2) is 0 Å². The predicted molar refractivity (Wildman–Crippen MR) is 73.5 cm³/mol. The Hall–Kier alpha value is -2.48. The van der Waals surface area contributed by atoms with Crippen molar-refractivity contribution in [3.8, 4) is 11.3 Å². The summed E-state index contributed by atoms with van der Waals surface area (Å²) >= 11 is 0. The van der Waals surface area contributed by atoms with Crippen molar-refractivity contribution >= 4 is 21.9 Å². The molecular formula is C16H11NO. The molecule has 0 atom stereocenters. The predicted octanol–water partition coefficient (Wildman–Crippen LogP) is 4.58. The number of benzene rings is 2. The molecule has 2 nitrogen and oxygen atoms in total. The molecular weight excluding hydrogens is 222 g/mol. The molecule has 0 fully saturated rings. The van der Waals surface area contributed by atoms with Gasteiger partial charge in [0.1, 0.15) is 5.58 Å². The standard InChI is InChI=1S/C16H11NO/c1-2-4-14-11(3-1)10-15(17-14)12-5-6-16-13(9-12)7-8-18-16/h1-10,17H. The number of H-pyrrole nitrogens is 1. The van der Waals surface area contributed by atoms with Crippen LogP contribution >= 0.6 is 0 Å². The van der Waals surface area contributed by atoms with Crippen LogP contribution in [0.2, 0.25) is 0 Å². The van der Waals surface area contributed by atoms with E-state index in [0.29, 0.717) is 0 Å². The number of rotatable bonds is 1. The fourth-order valence-corrected chi connectivity index (χ4v) is 2.36. The summed E-state index contributed by atoms with van der Waals surface area (Å²) in [6.07, 6.45) is 1.72. The first-order valence-corrected chi connectivity index (χ1v) is 5.95. The molecule has 0 amide bonds. The molecule has 0 unspecified atom stereocenters. The van der Waals surface area contributed by atoms with E-state index in [-0.39, 0.29) is 0 Å². The molecule has 0 aliphatic rings. The van der Waals surface area contributed by atoms with Crippen LogP contribution in [0.1, 0.15) is 0 Å². The third kappa shape index (κ3) is 1.36. The van der Waals surface area contributed by atoms with E-state index in [9.17, 15) is 0 Å². The summed E-state index contributed by atoms with van der Waals surface area (Å²) in [5.74, 6) is 0. The second-order valence-electron chi connectivity index (χ2n) is 4.44. The third-order valence-electron chi connectivity index (χ3n) is 3.29. The van der Waals surface area contributed by atoms with Crippen LogP contribution < -0.4 is 0 Å². The zero-order chi connectivity index (χ0) is 11.9. The maximum absolute atomic E-state index is 5.36. The lowest BCUT2D eigenvalue weighted by molar-refractivity contribution is 0.616. The van der Waals surface area contributed by atoms with Gasteiger partial charge in [-0.2, -0.15) is 0 Å². The van der Waals surface area contributed by atoms with Crippen molar-refractivity contribution in [1.82, 2.24) is 4.98 Å². The highest BCUT2D eigenvalue weighted by molar-refractivity contribution is 5.88. The Kier molecular flexibility index (Phi) is 1.86. The summed E-state index contributed by atoms with van der Waals surface area (Å²) in [7, 11) is 0. The van der Waals surface area contributed by atoms with E-state index in [1.54, 1.807) is 6.26 Å². The van der Waals surface area contributed by atoms with E-state index in [1.807, 2.05) is 18.2 Å². The van der Waals surface area contributed by atoms with E-state index in [4.69, 9.17) is 4.42 Å². The molecule has 2 heterocycles. The number of fused-ring (bicyclic) bond motifs is 2. The first-order chi connectivity index (χ1) is 8.90. The number of hydrogen-bond acceptors (Lipinski definition) is 1. The van der Waals surface area contributed by atoms with E-state index in [1.165, 1.54) is 16.5 Å². The molecule has 4 aromatic rings. The van der Waals surface area contributed by atoms with Crippen LogP contribution in [0.5, 0.6) is 0 Å². The lowest BCUT2D eigenvalue weighted by Gasteiger charge is -1.97. The summed E-state index contributed by atoms with van der Waals surface area (Å²) in [6, 6.07) is 18.7. The second kappa shape index (κ2) is 3.50. The number of nitrogens with one attached hydrogen (secondary N) is 1. The van der Waals surface area contributed by atoms with Crippen molar-refractivity contribution in [2.24, 2.45) is 0 Å². The van der Waals surface area contributed by atoms with Crippen LogP contribution in [-0.2, 0) is 0 Å². The van der Waals surface area contributed by atoms with Crippen molar-refractivity contribution in [2.45, 2.75) is 0 Å². The summed E-state index contributed by atoms with van der Waals surface area (Å²) in [5.41, 5.74) is 4.41. The van der Waals surface area contributed by atoms with Gasteiger partial charge in [0, 0.05) is 22.0 Å². The van der Waals surface area contributed by atoms with Crippen molar-refractivity contribution in [2.75, 3.05) is 0 Å². The number of hydrogen-bond donors (Lipinski definition) is 1. The fraction of sp³-hybridized carbons (Fsp3) is 0. The van der Waals surface area contributed by atoms with Gasteiger partial charge in [-0.05, 0) is 42.0 Å². The van der Waals surface area contributed by atoms with Gasteiger partial charge in [0.2, 0.25) is 0 Å². The lowest BCUT2D eigenvalue weighted by atomic mass is 10.1. The molecule has 2 aromatic heterocycles. The highest BCUT2D eigenvalue weighted by Crippen LogP contribution is 2.27. The summed E-state index contributed by atoms with van der Waals surface area (Å²) < 4.78 is 5.36. The Bertz CT molecular complexity index is 805. The Morgan fingerprint density at radius 1 is 0.833 bits per heavy atom. The van der Waals surface area contributed by atoms with Crippen LogP contribution in [-0.4, -0.2) is 4.98 Å². The number of furan rings is 1. The van der Waals surface area contributed by atoms with Gasteiger partial charge in [-0.1, -0.05) is 18.2 Å². The van der Waals surface area contributed by atoms with E-state index < -0.39 is 0 Å². The number of para-hydroxylation sites is 1. The third-order valence-corrected chi connectivity index (χ3v) is 3.29. The molecule has 0 bridgehead atoms. The smallest absolute Gasteiger partial charge is 0.133 e. The van der Waals surface area contributed by atoms with Gasteiger partial charge in [0.05, 0.1) is 6.26 Å². The lowest BCUT2D eigenvalue weighted by Crippen LogP contribution is -1.76. The monoisotopic (exact) mass is 233 g/mol. The number of aromatic amines is 1. The summed E-state index contributed by atoms with van der Waals surface area (Å²) in [5, 5.41) is 2.37. The Morgan fingerprint density at radius 3 is 2.72 bits per heavy atom. The van der Waals surface area contributed by atoms with Crippen molar-refractivity contribution < 1.29 is 4.42 Å². The van der Waals surface area contributed by atoms with Gasteiger partial charge in [-0.3, -0.25) is 0 Å². The van der Waals surface area contributed by atoms with Gasteiger partial charge >= 0.3 is 0 Å². The first-order valence-electron chi connectivity index (χ1n) is 5.95. The van der Waals surface area contributed by atoms with Crippen LogP contribution in [0, 0.1) is 0 Å². The quantitative estimate of drug-likeness (QED) is 0.512. The molecule has 2 heteroatoms. The van der Waals surface area contributed by atoms with Gasteiger partial charge in [-0.15, -0.1) is 0 Å². The van der Waals surface area contributed by atoms with E-state index in [2.05, 4.69) is 41.4 Å². The minimum absolute atomic E-state index is 0.926. The summed E-state index contributed by atoms with van der Waals surface area (Å²) in [6.45, 7) is 0. The fourth-order valence-electron chi connectivity index (χ4n) is 2.36. The molecule has 4 rings (SSSR count). The maximum Gasteiger partial charge on any atom is 0.133 e. The Morgan fingerprint density at radius 2 is 1.78 bits per heavy atom. The van der Waals surface area contributed by atoms with Gasteiger partial charge < -0.3 is 9.40 Å². The zero-order valence-electron chi connectivity index (χ0n) is 9.68. The van der Waals surface area contributed by atoms with Crippen LogP contribution in [0.25, 0.3) is 33.1 Å². The minimum Gasteiger partial charge on any atom is -0.464 e. The Balaban J connectivity index is 1.94. The summed E-state index contributed by atoms with van der Waals surface area (Å²) in [4.78, 5) is 3.44. The SMILES string of the molecule is c1ccc2[nH]c(-c3ccc4occc4c3)cc2c1. The largest absolute Gasteiger partial charge is 0.464 e. The molecule has 0 saturated heterocycles. The molecule has 0 aliphatic carbocycles. The minimum atomic E-state index is 0.926. The highest BCUT2D eigenvalue weighted by atomic mass is 16.3. The number of aromatic nitrogens is 1. The highest BCUT2D eigenvalue weighted by Gasteiger charge is 2.04. The average molecular weight is 233 g/mol. The van der Waals surface area contributed by atoms with Crippen LogP contribution in [0.4, 0.5) is 0 Å². The second-order valence-corrected chi connectivity index (χ2v) is 4.44. The molecule has 0 aliphatic heterocycles. The average Bonchev–Trinajstić information content (AvgIpc) is 3.04. The molecule has 0 radical (unpaired) electrons. The topological polar surface area (TPSA) is 28.9 Å². The molecule has 1 N–H and O–H groups in total. The van der Waals surface area contributed by atoms with Crippen LogP contribution in [0.15, 0.2) is 65.3 Å². The molecule has 0 spiro atoms. The van der Waals surface area contributed by atoms with Gasteiger partial charge in [0.25, 0.3) is 0 Å². The molecule has 0 saturated carbocycles.